The van der Waals surface area contributed by atoms with Gasteiger partial charge in [-0.2, -0.15) is 0 Å². The van der Waals surface area contributed by atoms with Crippen molar-refractivity contribution in [2.24, 2.45) is 0 Å². The lowest BCUT2D eigenvalue weighted by atomic mass is 10.2. The average Bonchev–Trinajstić information content (AvgIpc) is 3.10. The number of esters is 1. The van der Waals surface area contributed by atoms with E-state index in [0.29, 0.717) is 27.5 Å². The van der Waals surface area contributed by atoms with Crippen LogP contribution in [-0.4, -0.2) is 53.5 Å². The molecule has 0 aliphatic carbocycles. The monoisotopic (exact) mass is 408 g/mol. The van der Waals surface area contributed by atoms with E-state index in [1.165, 1.54) is 16.7 Å². The SMILES string of the molecule is CCOC(=O)CSc1nnc(NC(=O)CN2C(=O)COc3ccccc32)s1. The summed E-state index contributed by atoms with van der Waals surface area (Å²) < 4.78 is 10.7. The molecule has 1 aliphatic heterocycles. The first-order valence-corrected chi connectivity index (χ1v) is 9.81. The zero-order valence-corrected chi connectivity index (χ0v) is 16.0. The van der Waals surface area contributed by atoms with Crippen molar-refractivity contribution < 1.29 is 23.9 Å². The predicted molar refractivity (Wildman–Crippen MR) is 100 cm³/mol. The molecular formula is C16H16N4O5S2. The molecule has 2 amide bonds. The van der Waals surface area contributed by atoms with Gasteiger partial charge in [-0.3, -0.25) is 24.6 Å². The molecule has 0 saturated heterocycles. The van der Waals surface area contributed by atoms with Gasteiger partial charge in [0, 0.05) is 0 Å². The second-order valence-electron chi connectivity index (χ2n) is 5.25. The summed E-state index contributed by atoms with van der Waals surface area (Å²) in [6, 6.07) is 7.02. The molecule has 142 valence electrons. The molecular weight excluding hydrogens is 392 g/mol. The summed E-state index contributed by atoms with van der Waals surface area (Å²) in [4.78, 5) is 37.1. The van der Waals surface area contributed by atoms with Crippen LogP contribution in [0.2, 0.25) is 0 Å². The van der Waals surface area contributed by atoms with Crippen LogP contribution in [0.3, 0.4) is 0 Å². The number of amides is 2. The van der Waals surface area contributed by atoms with Crippen molar-refractivity contribution >= 4 is 51.7 Å². The Morgan fingerprint density at radius 2 is 2.19 bits per heavy atom. The summed E-state index contributed by atoms with van der Waals surface area (Å²) in [6.45, 7) is 1.78. The smallest absolute Gasteiger partial charge is 0.316 e. The summed E-state index contributed by atoms with van der Waals surface area (Å²) in [7, 11) is 0. The average molecular weight is 408 g/mol. The minimum atomic E-state index is -0.404. The predicted octanol–water partition coefficient (Wildman–Crippen LogP) is 1.56. The lowest BCUT2D eigenvalue weighted by molar-refractivity contribution is -0.139. The van der Waals surface area contributed by atoms with Crippen LogP contribution in [-0.2, 0) is 19.1 Å². The molecule has 11 heteroatoms. The third kappa shape index (κ3) is 4.95. The zero-order chi connectivity index (χ0) is 19.2. The number of aromatic nitrogens is 2. The Morgan fingerprint density at radius 3 is 3.00 bits per heavy atom. The van der Waals surface area contributed by atoms with Gasteiger partial charge >= 0.3 is 5.97 Å². The van der Waals surface area contributed by atoms with E-state index in [0.717, 1.165) is 11.3 Å². The first kappa shape index (κ1) is 19.1. The summed E-state index contributed by atoms with van der Waals surface area (Å²) >= 11 is 2.32. The summed E-state index contributed by atoms with van der Waals surface area (Å²) in [5.74, 6) is -0.369. The number of fused-ring (bicyclic) bond motifs is 1. The molecule has 2 heterocycles. The molecule has 0 bridgehead atoms. The molecule has 1 aliphatic rings. The number of thioether (sulfide) groups is 1. The van der Waals surface area contributed by atoms with Crippen molar-refractivity contribution in [1.29, 1.82) is 0 Å². The van der Waals surface area contributed by atoms with E-state index in [9.17, 15) is 14.4 Å². The van der Waals surface area contributed by atoms with Crippen molar-refractivity contribution in [3.8, 4) is 5.75 Å². The quantitative estimate of drug-likeness (QED) is 0.417. The molecule has 0 atom stereocenters. The summed E-state index contributed by atoms with van der Waals surface area (Å²) in [6.07, 6.45) is 0. The van der Waals surface area contributed by atoms with Gasteiger partial charge in [0.25, 0.3) is 5.91 Å². The Balaban J connectivity index is 1.57. The fraction of sp³-hybridized carbons (Fsp3) is 0.312. The maximum Gasteiger partial charge on any atom is 0.316 e. The van der Waals surface area contributed by atoms with Crippen LogP contribution in [0.4, 0.5) is 10.8 Å². The molecule has 1 aromatic carbocycles. The van der Waals surface area contributed by atoms with Gasteiger partial charge in [0.05, 0.1) is 18.0 Å². The molecule has 9 nitrogen and oxygen atoms in total. The Morgan fingerprint density at radius 1 is 1.37 bits per heavy atom. The highest BCUT2D eigenvalue weighted by Gasteiger charge is 2.27. The van der Waals surface area contributed by atoms with Crippen molar-refractivity contribution in [2.75, 3.05) is 35.7 Å². The molecule has 0 spiro atoms. The first-order chi connectivity index (χ1) is 13.1. The lowest BCUT2D eigenvalue weighted by Gasteiger charge is -2.28. The summed E-state index contributed by atoms with van der Waals surface area (Å²) in [5, 5.41) is 10.7. The van der Waals surface area contributed by atoms with Crippen molar-refractivity contribution in [3.05, 3.63) is 24.3 Å². The summed E-state index contributed by atoms with van der Waals surface area (Å²) in [5.41, 5.74) is 0.548. The first-order valence-electron chi connectivity index (χ1n) is 8.00. The molecule has 0 radical (unpaired) electrons. The van der Waals surface area contributed by atoms with Crippen LogP contribution < -0.4 is 15.0 Å². The lowest BCUT2D eigenvalue weighted by Crippen LogP contribution is -2.43. The maximum absolute atomic E-state index is 12.3. The Bertz CT molecular complexity index is 857. The fourth-order valence-corrected chi connectivity index (χ4v) is 3.84. The number of ether oxygens (including phenoxy) is 2. The standard InChI is InChI=1S/C16H16N4O5S2/c1-2-24-14(23)9-26-16-19-18-15(27-16)17-12(21)7-20-10-5-3-4-6-11(10)25-8-13(20)22/h3-6H,2,7-9H2,1H3,(H,17,18,21). The molecule has 27 heavy (non-hydrogen) atoms. The number of hydrogen-bond acceptors (Lipinski definition) is 9. The Hall–Kier alpha value is -2.66. The second-order valence-corrected chi connectivity index (χ2v) is 7.45. The van der Waals surface area contributed by atoms with Crippen LogP contribution >= 0.6 is 23.1 Å². The molecule has 2 aromatic rings. The zero-order valence-electron chi connectivity index (χ0n) is 14.3. The van der Waals surface area contributed by atoms with Gasteiger partial charge in [-0.05, 0) is 19.1 Å². The molecule has 1 N–H and O–H groups in total. The maximum atomic E-state index is 12.3. The third-order valence-electron chi connectivity index (χ3n) is 3.38. The van der Waals surface area contributed by atoms with Crippen LogP contribution in [0.1, 0.15) is 6.92 Å². The molecule has 3 rings (SSSR count). The molecule has 0 saturated carbocycles. The van der Waals surface area contributed by atoms with Crippen LogP contribution in [0.5, 0.6) is 5.75 Å². The number of nitrogens with zero attached hydrogens (tertiary/aromatic N) is 3. The van der Waals surface area contributed by atoms with Gasteiger partial charge in [0.2, 0.25) is 11.0 Å². The number of carbonyl (C=O) groups excluding carboxylic acids is 3. The highest BCUT2D eigenvalue weighted by molar-refractivity contribution is 8.01. The van der Waals surface area contributed by atoms with E-state index in [1.54, 1.807) is 31.2 Å². The molecule has 0 fully saturated rings. The minimum absolute atomic E-state index is 0.113. The van der Waals surface area contributed by atoms with Gasteiger partial charge in [-0.25, -0.2) is 0 Å². The van der Waals surface area contributed by atoms with Gasteiger partial charge in [-0.1, -0.05) is 35.2 Å². The Labute approximate surface area is 163 Å². The molecule has 1 aromatic heterocycles. The van der Waals surface area contributed by atoms with Crippen molar-refractivity contribution in [2.45, 2.75) is 11.3 Å². The number of anilines is 2. The number of nitrogens with one attached hydrogen (secondary N) is 1. The molecule has 0 unspecified atom stereocenters. The normalized spacial score (nSPS) is 12.9. The van der Waals surface area contributed by atoms with E-state index in [1.807, 2.05) is 0 Å². The largest absolute Gasteiger partial charge is 0.482 e. The van der Waals surface area contributed by atoms with Crippen LogP contribution in [0.15, 0.2) is 28.6 Å². The van der Waals surface area contributed by atoms with Crippen LogP contribution in [0.25, 0.3) is 0 Å². The Kier molecular flexibility index (Phi) is 6.24. The fourth-order valence-electron chi connectivity index (χ4n) is 2.27. The van der Waals surface area contributed by atoms with Crippen LogP contribution in [0, 0.1) is 0 Å². The van der Waals surface area contributed by atoms with E-state index in [4.69, 9.17) is 9.47 Å². The van der Waals surface area contributed by atoms with E-state index in [2.05, 4.69) is 15.5 Å². The van der Waals surface area contributed by atoms with Gasteiger partial charge in [-0.15, -0.1) is 10.2 Å². The number of hydrogen-bond donors (Lipinski definition) is 1. The van der Waals surface area contributed by atoms with E-state index >= 15 is 0 Å². The van der Waals surface area contributed by atoms with Crippen molar-refractivity contribution in [3.63, 3.8) is 0 Å². The van der Waals surface area contributed by atoms with E-state index < -0.39 is 5.91 Å². The van der Waals surface area contributed by atoms with Gasteiger partial charge in [0.1, 0.15) is 12.3 Å². The number of carbonyl (C=O) groups is 3. The van der Waals surface area contributed by atoms with E-state index in [-0.39, 0.29) is 30.8 Å². The van der Waals surface area contributed by atoms with Crippen molar-refractivity contribution in [1.82, 2.24) is 10.2 Å². The van der Waals surface area contributed by atoms with Gasteiger partial charge < -0.3 is 9.47 Å². The number of para-hydroxylation sites is 2. The topological polar surface area (TPSA) is 111 Å². The second kappa shape index (κ2) is 8.82. The number of rotatable bonds is 7. The minimum Gasteiger partial charge on any atom is -0.482 e. The number of benzene rings is 1. The highest BCUT2D eigenvalue weighted by Crippen LogP contribution is 2.31. The third-order valence-corrected chi connectivity index (χ3v) is 5.33. The highest BCUT2D eigenvalue weighted by atomic mass is 32.2. The van der Waals surface area contributed by atoms with Gasteiger partial charge in [0.15, 0.2) is 10.9 Å².